The third kappa shape index (κ3) is 1.89. The van der Waals surface area contributed by atoms with Gasteiger partial charge in [-0.1, -0.05) is 6.92 Å². The van der Waals surface area contributed by atoms with Crippen LogP contribution in [0, 0.1) is 11.8 Å². The van der Waals surface area contributed by atoms with Crippen molar-refractivity contribution in [2.24, 2.45) is 11.8 Å². The summed E-state index contributed by atoms with van der Waals surface area (Å²) in [6, 6.07) is 0. The topological polar surface area (TPSA) is 34.1 Å². The van der Waals surface area contributed by atoms with Gasteiger partial charge in [-0.15, -0.1) is 0 Å². The van der Waals surface area contributed by atoms with E-state index in [1.54, 1.807) is 6.92 Å². The lowest BCUT2D eigenvalue weighted by Gasteiger charge is -2.09. The van der Waals surface area contributed by atoms with Gasteiger partial charge in [-0.3, -0.25) is 9.59 Å². The van der Waals surface area contributed by atoms with Crippen molar-refractivity contribution in [1.29, 1.82) is 0 Å². The molecule has 0 amide bonds. The second-order valence-electron chi connectivity index (χ2n) is 3.30. The number of ketones is 2. The molecule has 2 nitrogen and oxygen atoms in total. The fraction of sp³-hybridized carbons (Fsp3) is 0.750. The van der Waals surface area contributed by atoms with Crippen LogP contribution in [0.5, 0.6) is 0 Å². The number of halogens is 3. The van der Waals surface area contributed by atoms with Crippen molar-refractivity contribution >= 4 is 11.6 Å². The van der Waals surface area contributed by atoms with Gasteiger partial charge in [0.1, 0.15) is 5.78 Å². The van der Waals surface area contributed by atoms with Gasteiger partial charge in [-0.05, 0) is 12.8 Å². The smallest absolute Gasteiger partial charge is 0.299 e. The first-order chi connectivity index (χ1) is 5.84. The Morgan fingerprint density at radius 3 is 2.23 bits per heavy atom. The van der Waals surface area contributed by atoms with Gasteiger partial charge in [0.2, 0.25) is 5.78 Å². The minimum Gasteiger partial charge on any atom is -0.299 e. The predicted octanol–water partition coefficient (Wildman–Crippen LogP) is 1.73. The van der Waals surface area contributed by atoms with Crippen molar-refractivity contribution in [1.82, 2.24) is 0 Å². The summed E-state index contributed by atoms with van der Waals surface area (Å²) in [5.41, 5.74) is 0. The molecule has 2 atom stereocenters. The lowest BCUT2D eigenvalue weighted by Crippen LogP contribution is -2.33. The Morgan fingerprint density at radius 1 is 1.38 bits per heavy atom. The lowest BCUT2D eigenvalue weighted by molar-refractivity contribution is -0.176. The maximum atomic E-state index is 11.9. The van der Waals surface area contributed by atoms with Gasteiger partial charge < -0.3 is 0 Å². The Balaban J connectivity index is 2.75. The lowest BCUT2D eigenvalue weighted by atomic mass is 9.99. The number of rotatable bonds is 1. The fourth-order valence-electron chi connectivity index (χ4n) is 1.50. The molecule has 1 saturated carbocycles. The van der Waals surface area contributed by atoms with E-state index in [-0.39, 0.29) is 6.42 Å². The first-order valence-electron chi connectivity index (χ1n) is 3.99. The summed E-state index contributed by atoms with van der Waals surface area (Å²) in [4.78, 5) is 21.7. The Bertz CT molecular complexity index is 244. The Kier molecular flexibility index (Phi) is 2.45. The number of carbonyl (C=O) groups is 2. The summed E-state index contributed by atoms with van der Waals surface area (Å²) in [5.74, 6) is -4.30. The van der Waals surface area contributed by atoms with Crippen LogP contribution >= 0.6 is 0 Å². The zero-order chi connectivity index (χ0) is 10.2. The van der Waals surface area contributed by atoms with Crippen molar-refractivity contribution in [3.05, 3.63) is 0 Å². The van der Waals surface area contributed by atoms with E-state index in [0.29, 0.717) is 6.42 Å². The SMILES string of the molecule is CC1CCC(C(=O)C(F)(F)F)C1=O. The molecule has 0 heterocycles. The minimum atomic E-state index is -4.87. The summed E-state index contributed by atoms with van der Waals surface area (Å²) in [6.07, 6.45) is -4.45. The van der Waals surface area contributed by atoms with Crippen molar-refractivity contribution in [2.75, 3.05) is 0 Å². The molecule has 1 rings (SSSR count). The molecule has 1 aliphatic rings. The highest BCUT2D eigenvalue weighted by Crippen LogP contribution is 2.32. The molecule has 0 spiro atoms. The molecule has 1 aliphatic carbocycles. The third-order valence-electron chi connectivity index (χ3n) is 2.31. The number of Topliss-reactive ketones (excluding diaryl/α,β-unsaturated/α-hetero) is 2. The number of carbonyl (C=O) groups excluding carboxylic acids is 2. The Morgan fingerprint density at radius 2 is 1.92 bits per heavy atom. The third-order valence-corrected chi connectivity index (χ3v) is 2.31. The van der Waals surface area contributed by atoms with Crippen molar-refractivity contribution in [3.63, 3.8) is 0 Å². The quantitative estimate of drug-likeness (QED) is 0.596. The maximum Gasteiger partial charge on any atom is 0.450 e. The van der Waals surface area contributed by atoms with Crippen LogP contribution < -0.4 is 0 Å². The van der Waals surface area contributed by atoms with Crippen LogP contribution in [-0.2, 0) is 9.59 Å². The van der Waals surface area contributed by atoms with Crippen LogP contribution in [0.2, 0.25) is 0 Å². The van der Waals surface area contributed by atoms with Crippen LogP contribution in [0.15, 0.2) is 0 Å². The van der Waals surface area contributed by atoms with Crippen LogP contribution in [0.3, 0.4) is 0 Å². The standard InChI is InChI=1S/C8H9F3O2/c1-4-2-3-5(6(4)12)7(13)8(9,10)11/h4-5H,2-3H2,1H3. The van der Waals surface area contributed by atoms with E-state index >= 15 is 0 Å². The second kappa shape index (κ2) is 3.12. The van der Waals surface area contributed by atoms with E-state index in [2.05, 4.69) is 0 Å². The Labute approximate surface area is 73.1 Å². The maximum absolute atomic E-state index is 11.9. The molecule has 0 aromatic carbocycles. The van der Waals surface area contributed by atoms with E-state index in [1.807, 2.05) is 0 Å². The van der Waals surface area contributed by atoms with Gasteiger partial charge in [0, 0.05) is 5.92 Å². The highest BCUT2D eigenvalue weighted by Gasteiger charge is 2.48. The van der Waals surface area contributed by atoms with Gasteiger partial charge in [-0.25, -0.2) is 0 Å². The molecule has 1 fully saturated rings. The number of hydrogen-bond acceptors (Lipinski definition) is 2. The average molecular weight is 194 g/mol. The zero-order valence-corrected chi connectivity index (χ0v) is 7.02. The summed E-state index contributed by atoms with van der Waals surface area (Å²) in [6.45, 7) is 1.55. The zero-order valence-electron chi connectivity index (χ0n) is 7.02. The summed E-state index contributed by atoms with van der Waals surface area (Å²) in [7, 11) is 0. The summed E-state index contributed by atoms with van der Waals surface area (Å²) in [5, 5.41) is 0. The van der Waals surface area contributed by atoms with E-state index < -0.39 is 29.6 Å². The molecule has 0 saturated heterocycles. The minimum absolute atomic E-state index is 0.0400. The highest BCUT2D eigenvalue weighted by atomic mass is 19.4. The van der Waals surface area contributed by atoms with E-state index in [1.165, 1.54) is 0 Å². The largest absolute Gasteiger partial charge is 0.450 e. The number of hydrogen-bond donors (Lipinski definition) is 0. The molecule has 5 heteroatoms. The molecule has 74 valence electrons. The molecule has 0 radical (unpaired) electrons. The van der Waals surface area contributed by atoms with Gasteiger partial charge in [0.15, 0.2) is 0 Å². The average Bonchev–Trinajstić information content (AvgIpc) is 2.30. The fourth-order valence-corrected chi connectivity index (χ4v) is 1.50. The van der Waals surface area contributed by atoms with Crippen LogP contribution in [-0.4, -0.2) is 17.7 Å². The first-order valence-corrected chi connectivity index (χ1v) is 3.99. The molecular weight excluding hydrogens is 185 g/mol. The van der Waals surface area contributed by atoms with Gasteiger partial charge in [-0.2, -0.15) is 13.2 Å². The second-order valence-corrected chi connectivity index (χ2v) is 3.30. The summed E-state index contributed by atoms with van der Waals surface area (Å²) >= 11 is 0. The van der Waals surface area contributed by atoms with Gasteiger partial charge in [0.05, 0.1) is 5.92 Å². The molecular formula is C8H9F3O2. The van der Waals surface area contributed by atoms with E-state index in [0.717, 1.165) is 0 Å². The highest BCUT2D eigenvalue weighted by molar-refractivity contribution is 6.06. The van der Waals surface area contributed by atoms with Gasteiger partial charge in [0.25, 0.3) is 0 Å². The van der Waals surface area contributed by atoms with Crippen molar-refractivity contribution < 1.29 is 22.8 Å². The van der Waals surface area contributed by atoms with Gasteiger partial charge >= 0.3 is 6.18 Å². The summed E-state index contributed by atoms with van der Waals surface area (Å²) < 4.78 is 35.7. The molecule has 0 aromatic heterocycles. The Hall–Kier alpha value is -0.870. The normalized spacial score (nSPS) is 29.4. The molecule has 0 bridgehead atoms. The molecule has 0 N–H and O–H groups in total. The van der Waals surface area contributed by atoms with Crippen LogP contribution in [0.25, 0.3) is 0 Å². The molecule has 2 unspecified atom stereocenters. The van der Waals surface area contributed by atoms with Crippen LogP contribution in [0.1, 0.15) is 19.8 Å². The first kappa shape index (κ1) is 10.2. The monoisotopic (exact) mass is 194 g/mol. The van der Waals surface area contributed by atoms with E-state index in [4.69, 9.17) is 0 Å². The number of alkyl halides is 3. The van der Waals surface area contributed by atoms with E-state index in [9.17, 15) is 22.8 Å². The van der Waals surface area contributed by atoms with Crippen molar-refractivity contribution in [3.8, 4) is 0 Å². The molecule has 13 heavy (non-hydrogen) atoms. The molecule has 0 aliphatic heterocycles. The molecule has 0 aromatic rings. The predicted molar refractivity (Wildman–Crippen MR) is 38.0 cm³/mol. The van der Waals surface area contributed by atoms with Crippen molar-refractivity contribution in [2.45, 2.75) is 25.9 Å². The van der Waals surface area contributed by atoms with Crippen LogP contribution in [0.4, 0.5) is 13.2 Å².